The lowest BCUT2D eigenvalue weighted by molar-refractivity contribution is -0.275. The van der Waals surface area contributed by atoms with Crippen LogP contribution in [0.1, 0.15) is 45.3 Å². The highest BCUT2D eigenvalue weighted by Gasteiger charge is 2.64. The second-order valence-corrected chi connectivity index (χ2v) is 15.6. The Labute approximate surface area is 186 Å². The zero-order valence-corrected chi connectivity index (χ0v) is 20.3. The van der Waals surface area contributed by atoms with E-state index in [4.69, 9.17) is 25.5 Å². The summed E-state index contributed by atoms with van der Waals surface area (Å²) in [6.07, 6.45) is 0.825. The quantitative estimate of drug-likeness (QED) is 0.512. The first-order chi connectivity index (χ1) is 14.0. The van der Waals surface area contributed by atoms with Crippen molar-refractivity contribution in [3.8, 4) is 11.8 Å². The minimum Gasteiger partial charge on any atom is -0.399 e. The number of aliphatic hydroxyl groups excluding tert-OH is 1. The second-order valence-electron chi connectivity index (χ2n) is 10.4. The fourth-order valence-electron chi connectivity index (χ4n) is 4.63. The summed E-state index contributed by atoms with van der Waals surface area (Å²) < 4.78 is 18.4. The molecule has 0 aromatic heterocycles. The van der Waals surface area contributed by atoms with E-state index >= 15 is 0 Å². The van der Waals surface area contributed by atoms with Crippen LogP contribution >= 0.6 is 11.6 Å². The van der Waals surface area contributed by atoms with Crippen molar-refractivity contribution in [2.45, 2.75) is 69.7 Å². The zero-order chi connectivity index (χ0) is 21.7. The highest BCUT2D eigenvalue weighted by atomic mass is 35.5. The van der Waals surface area contributed by atoms with E-state index in [1.165, 1.54) is 0 Å². The molecule has 164 valence electrons. The monoisotopic (exact) mass is 448 g/mol. The molecule has 1 aliphatic heterocycles. The molecule has 0 radical (unpaired) electrons. The van der Waals surface area contributed by atoms with Gasteiger partial charge in [0.2, 0.25) is 0 Å². The molecular formula is C24H33ClO4Si. The number of fused-ring (bicyclic) bond motifs is 2. The summed E-state index contributed by atoms with van der Waals surface area (Å²) in [6.45, 7) is 12.5. The van der Waals surface area contributed by atoms with Gasteiger partial charge in [0.25, 0.3) is 0 Å². The van der Waals surface area contributed by atoms with Gasteiger partial charge in [-0.05, 0) is 48.2 Å². The Kier molecular flexibility index (Phi) is 5.89. The Hall–Kier alpha value is -0.873. The summed E-state index contributed by atoms with van der Waals surface area (Å²) in [5.74, 6) is 6.68. The molecule has 0 bridgehead atoms. The van der Waals surface area contributed by atoms with Crippen LogP contribution in [0.15, 0.2) is 24.3 Å². The van der Waals surface area contributed by atoms with Gasteiger partial charge in [0.05, 0.1) is 19.3 Å². The molecule has 1 spiro atoms. The van der Waals surface area contributed by atoms with Gasteiger partial charge < -0.3 is 19.0 Å². The number of aliphatic hydroxyl groups is 1. The van der Waals surface area contributed by atoms with Gasteiger partial charge in [0.15, 0.2) is 14.1 Å². The third-order valence-corrected chi connectivity index (χ3v) is 12.2. The van der Waals surface area contributed by atoms with Gasteiger partial charge in [-0.1, -0.05) is 56.3 Å². The number of rotatable bonds is 3. The molecule has 5 unspecified atom stereocenters. The van der Waals surface area contributed by atoms with E-state index in [9.17, 15) is 5.11 Å². The molecule has 1 aromatic carbocycles. The van der Waals surface area contributed by atoms with Crippen molar-refractivity contribution in [2.24, 2.45) is 17.8 Å². The number of halogens is 1. The van der Waals surface area contributed by atoms with Crippen LogP contribution in [0.25, 0.3) is 0 Å². The van der Waals surface area contributed by atoms with Crippen LogP contribution in [-0.4, -0.2) is 38.5 Å². The lowest BCUT2D eigenvalue weighted by atomic mass is 9.69. The first-order valence-electron chi connectivity index (χ1n) is 10.9. The summed E-state index contributed by atoms with van der Waals surface area (Å²) in [4.78, 5) is 0. The number of hydrogen-bond acceptors (Lipinski definition) is 4. The van der Waals surface area contributed by atoms with Crippen molar-refractivity contribution < 1.29 is 19.0 Å². The van der Waals surface area contributed by atoms with E-state index < -0.39 is 20.2 Å². The van der Waals surface area contributed by atoms with Gasteiger partial charge in [0.1, 0.15) is 6.10 Å². The molecule has 1 aromatic rings. The summed E-state index contributed by atoms with van der Waals surface area (Å²) in [5, 5.41) is 11.6. The predicted molar refractivity (Wildman–Crippen MR) is 121 cm³/mol. The fraction of sp³-hybridized carbons (Fsp3) is 0.667. The lowest BCUT2D eigenvalue weighted by Crippen LogP contribution is -2.54. The average molecular weight is 449 g/mol. The molecule has 2 aliphatic carbocycles. The Bertz CT molecular complexity index is 829. The second kappa shape index (κ2) is 7.92. The van der Waals surface area contributed by atoms with E-state index in [2.05, 4.69) is 45.7 Å². The van der Waals surface area contributed by atoms with Crippen LogP contribution in [0.2, 0.25) is 23.2 Å². The van der Waals surface area contributed by atoms with Crippen molar-refractivity contribution in [3.05, 3.63) is 34.9 Å². The Balaban J connectivity index is 1.55. The predicted octanol–water partition coefficient (Wildman–Crippen LogP) is 5.17. The van der Waals surface area contributed by atoms with Crippen molar-refractivity contribution in [1.82, 2.24) is 0 Å². The molecule has 5 atom stereocenters. The molecule has 0 amide bonds. The topological polar surface area (TPSA) is 47.9 Å². The maximum absolute atomic E-state index is 10.8. The van der Waals surface area contributed by atoms with Crippen LogP contribution in [0.3, 0.4) is 0 Å². The number of hydrogen-bond donors (Lipinski definition) is 1. The normalized spacial score (nSPS) is 31.0. The van der Waals surface area contributed by atoms with Crippen LogP contribution in [-0.2, 0) is 13.9 Å². The largest absolute Gasteiger partial charge is 0.399 e. The highest BCUT2D eigenvalue weighted by Crippen LogP contribution is 2.59. The van der Waals surface area contributed by atoms with Crippen molar-refractivity contribution >= 4 is 19.9 Å². The minimum atomic E-state index is -2.04. The Morgan fingerprint density at radius 2 is 1.83 bits per heavy atom. The minimum absolute atomic E-state index is 0.0782. The lowest BCUT2D eigenvalue weighted by Gasteiger charge is -2.48. The molecule has 3 aliphatic rings. The maximum atomic E-state index is 10.8. The molecule has 30 heavy (non-hydrogen) atoms. The van der Waals surface area contributed by atoms with Crippen molar-refractivity contribution in [2.75, 3.05) is 13.2 Å². The molecule has 4 nitrogen and oxygen atoms in total. The molecule has 1 N–H and O–H groups in total. The van der Waals surface area contributed by atoms with Gasteiger partial charge >= 0.3 is 0 Å². The summed E-state index contributed by atoms with van der Waals surface area (Å²) in [7, 11) is -2.04. The van der Waals surface area contributed by atoms with Gasteiger partial charge in [0, 0.05) is 23.3 Å². The Morgan fingerprint density at radius 1 is 1.20 bits per heavy atom. The molecule has 2 saturated carbocycles. The standard InChI is InChI=1S/C24H33ClO4Si/c1-23(2,3)30(4,5)29-21(16-6-9-18(25)10-7-16)11-8-17-14-20-19(22(17)26)15-24(20)27-12-13-28-24/h6-7,9-10,17,19-22,26H,12-15H2,1-5H3. The molecule has 4 rings (SSSR count). The van der Waals surface area contributed by atoms with E-state index in [0.29, 0.717) is 18.2 Å². The molecular weight excluding hydrogens is 416 g/mol. The molecule has 1 saturated heterocycles. The van der Waals surface area contributed by atoms with Crippen LogP contribution in [0, 0.1) is 29.6 Å². The van der Waals surface area contributed by atoms with E-state index in [-0.39, 0.29) is 28.9 Å². The first-order valence-corrected chi connectivity index (χ1v) is 14.2. The van der Waals surface area contributed by atoms with Crippen molar-refractivity contribution in [3.63, 3.8) is 0 Å². The summed E-state index contributed by atoms with van der Waals surface area (Å²) in [5.41, 5.74) is 1.01. The van der Waals surface area contributed by atoms with Crippen LogP contribution in [0.4, 0.5) is 0 Å². The molecule has 6 heteroatoms. The van der Waals surface area contributed by atoms with Gasteiger partial charge in [-0.15, -0.1) is 0 Å². The van der Waals surface area contributed by atoms with Crippen LogP contribution < -0.4 is 0 Å². The van der Waals surface area contributed by atoms with E-state index in [1.54, 1.807) is 0 Å². The van der Waals surface area contributed by atoms with Gasteiger partial charge in [-0.2, -0.15) is 0 Å². The van der Waals surface area contributed by atoms with Gasteiger partial charge in [-0.25, -0.2) is 0 Å². The number of benzene rings is 1. The highest BCUT2D eigenvalue weighted by molar-refractivity contribution is 6.74. The average Bonchev–Trinajstić information content (AvgIpc) is 3.24. The van der Waals surface area contributed by atoms with Crippen molar-refractivity contribution in [1.29, 1.82) is 0 Å². The number of ether oxygens (including phenoxy) is 2. The third kappa shape index (κ3) is 3.99. The molecule has 1 heterocycles. The third-order valence-electron chi connectivity index (χ3n) is 7.53. The SMILES string of the molecule is CC(C)(C)[Si](C)(C)OC(C#CC1CC2C(CC23OCCO3)C1O)c1ccc(Cl)cc1. The van der Waals surface area contributed by atoms with E-state index in [0.717, 1.165) is 18.4 Å². The fourth-order valence-corrected chi connectivity index (χ4v) is 5.90. The summed E-state index contributed by atoms with van der Waals surface area (Å²) in [6, 6.07) is 7.73. The zero-order valence-electron chi connectivity index (χ0n) is 18.6. The Morgan fingerprint density at radius 3 is 2.43 bits per heavy atom. The van der Waals surface area contributed by atoms with E-state index in [1.807, 2.05) is 24.3 Å². The smallest absolute Gasteiger partial charge is 0.194 e. The first kappa shape index (κ1) is 22.3. The summed E-state index contributed by atoms with van der Waals surface area (Å²) >= 11 is 6.10. The van der Waals surface area contributed by atoms with Crippen LogP contribution in [0.5, 0.6) is 0 Å². The maximum Gasteiger partial charge on any atom is 0.194 e. The van der Waals surface area contributed by atoms with Gasteiger partial charge in [-0.3, -0.25) is 0 Å². The molecule has 3 fully saturated rings.